The largest absolute Gasteiger partial charge is 0.468 e. The average molecular weight is 343 g/mol. The quantitative estimate of drug-likeness (QED) is 0.839. The van der Waals surface area contributed by atoms with Crippen molar-refractivity contribution in [2.75, 3.05) is 26.0 Å². The fourth-order valence-electron chi connectivity index (χ4n) is 2.42. The van der Waals surface area contributed by atoms with E-state index in [9.17, 15) is 9.59 Å². The Hall–Kier alpha value is -2.60. The zero-order chi connectivity index (χ0) is 18.4. The van der Waals surface area contributed by atoms with E-state index >= 15 is 0 Å². The molecule has 0 fully saturated rings. The first-order valence-electron chi connectivity index (χ1n) is 8.21. The molecule has 0 aliphatic carbocycles. The monoisotopic (exact) mass is 343 g/mol. The van der Waals surface area contributed by atoms with Crippen LogP contribution in [0, 0.1) is 6.92 Å². The van der Waals surface area contributed by atoms with Crippen molar-refractivity contribution < 1.29 is 14.0 Å². The van der Waals surface area contributed by atoms with Gasteiger partial charge in [0.25, 0.3) is 0 Å². The third-order valence-electron chi connectivity index (χ3n) is 4.10. The minimum absolute atomic E-state index is 0.00560. The molecule has 1 atom stereocenters. The summed E-state index contributed by atoms with van der Waals surface area (Å²) in [6, 6.07) is 10.9. The maximum absolute atomic E-state index is 12.5. The van der Waals surface area contributed by atoms with E-state index in [-0.39, 0.29) is 24.4 Å². The van der Waals surface area contributed by atoms with Gasteiger partial charge in [-0.1, -0.05) is 17.7 Å². The molecule has 2 rings (SSSR count). The van der Waals surface area contributed by atoms with Crippen LogP contribution in [0.1, 0.15) is 18.2 Å². The summed E-state index contributed by atoms with van der Waals surface area (Å²) in [5.74, 6) is 0.454. The Morgan fingerprint density at radius 3 is 2.44 bits per heavy atom. The number of anilines is 1. The van der Waals surface area contributed by atoms with Gasteiger partial charge in [-0.3, -0.25) is 14.5 Å². The van der Waals surface area contributed by atoms with Gasteiger partial charge < -0.3 is 14.6 Å². The van der Waals surface area contributed by atoms with Gasteiger partial charge in [0.15, 0.2) is 0 Å². The Kier molecular flexibility index (Phi) is 6.36. The lowest BCUT2D eigenvalue weighted by Gasteiger charge is -2.27. The first-order chi connectivity index (χ1) is 11.9. The summed E-state index contributed by atoms with van der Waals surface area (Å²) in [6.45, 7) is 4.34. The Morgan fingerprint density at radius 2 is 1.84 bits per heavy atom. The van der Waals surface area contributed by atoms with Crippen molar-refractivity contribution in [3.63, 3.8) is 0 Å². The van der Waals surface area contributed by atoms with E-state index in [1.807, 2.05) is 62.2 Å². The van der Waals surface area contributed by atoms with Gasteiger partial charge in [-0.2, -0.15) is 0 Å². The van der Waals surface area contributed by atoms with Crippen molar-refractivity contribution in [1.82, 2.24) is 9.80 Å². The number of benzene rings is 1. The molecule has 1 aromatic carbocycles. The highest BCUT2D eigenvalue weighted by Crippen LogP contribution is 2.10. The molecule has 0 aliphatic heterocycles. The number of hydrogen-bond donors (Lipinski definition) is 1. The zero-order valence-corrected chi connectivity index (χ0v) is 15.2. The molecular weight excluding hydrogens is 318 g/mol. The summed E-state index contributed by atoms with van der Waals surface area (Å²) in [7, 11) is 3.49. The Labute approximate surface area is 148 Å². The summed E-state index contributed by atoms with van der Waals surface area (Å²) in [5, 5.41) is 2.80. The van der Waals surface area contributed by atoms with Crippen LogP contribution in [0.3, 0.4) is 0 Å². The maximum atomic E-state index is 12.5. The van der Waals surface area contributed by atoms with Crippen LogP contribution in [0.2, 0.25) is 0 Å². The first-order valence-corrected chi connectivity index (χ1v) is 8.21. The van der Waals surface area contributed by atoms with Crippen LogP contribution in [-0.4, -0.2) is 48.3 Å². The Bertz CT molecular complexity index is 695. The maximum Gasteiger partial charge on any atom is 0.243 e. The van der Waals surface area contributed by atoms with E-state index in [1.54, 1.807) is 13.3 Å². The molecule has 0 saturated carbocycles. The van der Waals surface area contributed by atoms with Gasteiger partial charge in [-0.25, -0.2) is 0 Å². The summed E-state index contributed by atoms with van der Waals surface area (Å²) in [4.78, 5) is 28.0. The molecule has 0 saturated heterocycles. The SMILES string of the molecule is Cc1ccc(NC(=O)CN(C)C(=O)C(C)N(C)Cc2ccco2)cc1. The summed E-state index contributed by atoms with van der Waals surface area (Å²) in [6.07, 6.45) is 1.61. The highest BCUT2D eigenvalue weighted by Gasteiger charge is 2.23. The minimum atomic E-state index is -0.359. The molecule has 1 heterocycles. The predicted molar refractivity (Wildman–Crippen MR) is 97.1 cm³/mol. The number of furan rings is 1. The lowest BCUT2D eigenvalue weighted by molar-refractivity contribution is -0.137. The lowest BCUT2D eigenvalue weighted by atomic mass is 10.2. The fourth-order valence-corrected chi connectivity index (χ4v) is 2.42. The molecular formula is C19H25N3O3. The summed E-state index contributed by atoms with van der Waals surface area (Å²) < 4.78 is 5.30. The van der Waals surface area contributed by atoms with E-state index in [0.717, 1.165) is 17.0 Å². The van der Waals surface area contributed by atoms with Crippen LogP contribution in [-0.2, 0) is 16.1 Å². The molecule has 0 radical (unpaired) electrons. The average Bonchev–Trinajstić information content (AvgIpc) is 3.08. The van der Waals surface area contributed by atoms with Gasteiger partial charge in [0.05, 0.1) is 25.4 Å². The van der Waals surface area contributed by atoms with Gasteiger partial charge in [-0.15, -0.1) is 0 Å². The van der Waals surface area contributed by atoms with Crippen molar-refractivity contribution in [2.45, 2.75) is 26.4 Å². The molecule has 0 bridgehead atoms. The lowest BCUT2D eigenvalue weighted by Crippen LogP contribution is -2.46. The molecule has 1 aromatic heterocycles. The number of nitrogens with zero attached hydrogens (tertiary/aromatic N) is 2. The van der Waals surface area contributed by atoms with E-state index in [0.29, 0.717) is 6.54 Å². The van der Waals surface area contributed by atoms with Gasteiger partial charge in [0, 0.05) is 12.7 Å². The molecule has 134 valence electrons. The smallest absolute Gasteiger partial charge is 0.243 e. The van der Waals surface area contributed by atoms with E-state index < -0.39 is 0 Å². The fraction of sp³-hybridized carbons (Fsp3) is 0.368. The molecule has 0 spiro atoms. The summed E-state index contributed by atoms with van der Waals surface area (Å²) in [5.41, 5.74) is 1.85. The second kappa shape index (κ2) is 8.48. The molecule has 1 N–H and O–H groups in total. The van der Waals surface area contributed by atoms with Crippen LogP contribution >= 0.6 is 0 Å². The second-order valence-electron chi connectivity index (χ2n) is 6.28. The van der Waals surface area contributed by atoms with Crippen LogP contribution in [0.15, 0.2) is 47.1 Å². The van der Waals surface area contributed by atoms with Crippen molar-refractivity contribution in [3.05, 3.63) is 54.0 Å². The summed E-state index contributed by atoms with van der Waals surface area (Å²) >= 11 is 0. The molecule has 6 heteroatoms. The van der Waals surface area contributed by atoms with Crippen LogP contribution in [0.5, 0.6) is 0 Å². The van der Waals surface area contributed by atoms with Gasteiger partial charge in [0.2, 0.25) is 11.8 Å². The number of rotatable bonds is 7. The number of hydrogen-bond acceptors (Lipinski definition) is 4. The topological polar surface area (TPSA) is 65.8 Å². The number of nitrogens with one attached hydrogen (secondary N) is 1. The van der Waals surface area contributed by atoms with Crippen LogP contribution in [0.4, 0.5) is 5.69 Å². The molecule has 6 nitrogen and oxygen atoms in total. The van der Waals surface area contributed by atoms with Crippen LogP contribution in [0.25, 0.3) is 0 Å². The van der Waals surface area contributed by atoms with Crippen molar-refractivity contribution in [1.29, 1.82) is 0 Å². The predicted octanol–water partition coefficient (Wildman–Crippen LogP) is 2.51. The third kappa shape index (κ3) is 5.46. The molecule has 2 amide bonds. The number of carbonyl (C=O) groups is 2. The normalized spacial score (nSPS) is 12.0. The molecule has 0 aliphatic rings. The van der Waals surface area contributed by atoms with Gasteiger partial charge in [-0.05, 0) is 45.2 Å². The zero-order valence-electron chi connectivity index (χ0n) is 15.2. The van der Waals surface area contributed by atoms with E-state index in [4.69, 9.17) is 4.42 Å². The highest BCUT2D eigenvalue weighted by atomic mass is 16.3. The Balaban J connectivity index is 1.85. The van der Waals surface area contributed by atoms with Gasteiger partial charge >= 0.3 is 0 Å². The number of likely N-dealkylation sites (N-methyl/N-ethyl adjacent to an activating group) is 2. The number of carbonyl (C=O) groups excluding carboxylic acids is 2. The van der Waals surface area contributed by atoms with Crippen molar-refractivity contribution >= 4 is 17.5 Å². The molecule has 25 heavy (non-hydrogen) atoms. The van der Waals surface area contributed by atoms with E-state index in [1.165, 1.54) is 4.90 Å². The van der Waals surface area contributed by atoms with Crippen LogP contribution < -0.4 is 5.32 Å². The van der Waals surface area contributed by atoms with Crippen molar-refractivity contribution in [2.24, 2.45) is 0 Å². The number of amides is 2. The highest BCUT2D eigenvalue weighted by molar-refractivity contribution is 5.95. The third-order valence-corrected chi connectivity index (χ3v) is 4.10. The second-order valence-corrected chi connectivity index (χ2v) is 6.28. The van der Waals surface area contributed by atoms with E-state index in [2.05, 4.69) is 5.32 Å². The number of aryl methyl sites for hydroxylation is 1. The minimum Gasteiger partial charge on any atom is -0.468 e. The van der Waals surface area contributed by atoms with Crippen molar-refractivity contribution in [3.8, 4) is 0 Å². The molecule has 1 unspecified atom stereocenters. The molecule has 2 aromatic rings. The standard InChI is InChI=1S/C19H25N3O3/c1-14-7-9-16(10-8-14)20-18(23)13-22(4)19(24)15(2)21(3)12-17-6-5-11-25-17/h5-11,15H,12-13H2,1-4H3,(H,20,23). The Morgan fingerprint density at radius 1 is 1.16 bits per heavy atom. The first kappa shape index (κ1) is 18.7. The van der Waals surface area contributed by atoms with Gasteiger partial charge in [0.1, 0.15) is 5.76 Å².